The molecule has 1 atom stereocenters. The largest absolute Gasteiger partial charge is 0.382 e. The van der Waals surface area contributed by atoms with Gasteiger partial charge < -0.3 is 10.5 Å². The zero-order chi connectivity index (χ0) is 10.2. The van der Waals surface area contributed by atoms with E-state index in [2.05, 4.69) is 17.5 Å². The molecule has 80 valence electrons. The van der Waals surface area contributed by atoms with Gasteiger partial charge in [0.1, 0.15) is 0 Å². The summed E-state index contributed by atoms with van der Waals surface area (Å²) < 4.78 is 5.27. The van der Waals surface area contributed by atoms with Crippen molar-refractivity contribution >= 4 is 11.3 Å². The first kappa shape index (κ1) is 11.7. The molecule has 0 aliphatic rings. The summed E-state index contributed by atoms with van der Waals surface area (Å²) in [4.78, 5) is 1.38. The second-order valence-corrected chi connectivity index (χ2v) is 4.41. The Bertz CT molecular complexity index is 223. The van der Waals surface area contributed by atoms with Crippen LogP contribution in [0.1, 0.15) is 24.6 Å². The van der Waals surface area contributed by atoms with Gasteiger partial charge in [0, 0.05) is 24.1 Å². The highest BCUT2D eigenvalue weighted by Crippen LogP contribution is 2.12. The summed E-state index contributed by atoms with van der Waals surface area (Å²) in [6.45, 7) is 3.67. The number of hydrogen-bond acceptors (Lipinski definition) is 3. The van der Waals surface area contributed by atoms with E-state index in [-0.39, 0.29) is 6.04 Å². The average Bonchev–Trinajstić information content (AvgIpc) is 2.65. The highest BCUT2D eigenvalue weighted by atomic mass is 32.1. The van der Waals surface area contributed by atoms with Crippen molar-refractivity contribution in [2.24, 2.45) is 5.73 Å². The van der Waals surface area contributed by atoms with Crippen molar-refractivity contribution in [1.29, 1.82) is 0 Å². The Labute approximate surface area is 90.1 Å². The van der Waals surface area contributed by atoms with Gasteiger partial charge in [0.15, 0.2) is 0 Å². The van der Waals surface area contributed by atoms with E-state index in [0.29, 0.717) is 0 Å². The molecule has 1 unspecified atom stereocenters. The summed E-state index contributed by atoms with van der Waals surface area (Å²) >= 11 is 1.78. The number of nitrogens with two attached hydrogens (primary N) is 1. The summed E-state index contributed by atoms with van der Waals surface area (Å²) in [5, 5.41) is 2.10. The fourth-order valence-corrected chi connectivity index (χ4v) is 2.18. The predicted molar refractivity (Wildman–Crippen MR) is 61.7 cm³/mol. The van der Waals surface area contributed by atoms with Crippen LogP contribution in [-0.2, 0) is 11.2 Å². The van der Waals surface area contributed by atoms with Gasteiger partial charge in [-0.15, -0.1) is 11.3 Å². The minimum Gasteiger partial charge on any atom is -0.382 e. The van der Waals surface area contributed by atoms with Crippen molar-refractivity contribution in [2.45, 2.75) is 32.2 Å². The minimum absolute atomic E-state index is 0.286. The normalized spacial score (nSPS) is 13.0. The van der Waals surface area contributed by atoms with E-state index in [1.807, 2.05) is 6.92 Å². The molecule has 3 heteroatoms. The molecule has 2 nitrogen and oxygen atoms in total. The van der Waals surface area contributed by atoms with Crippen LogP contribution in [0.25, 0.3) is 0 Å². The third-order valence-corrected chi connectivity index (χ3v) is 3.01. The zero-order valence-corrected chi connectivity index (χ0v) is 9.56. The molecule has 0 aliphatic carbocycles. The fourth-order valence-electron chi connectivity index (χ4n) is 1.38. The average molecular weight is 213 g/mol. The second-order valence-electron chi connectivity index (χ2n) is 3.38. The third kappa shape index (κ3) is 4.74. The lowest BCUT2D eigenvalue weighted by Gasteiger charge is -2.09. The van der Waals surface area contributed by atoms with E-state index in [0.717, 1.165) is 32.5 Å². The van der Waals surface area contributed by atoms with Crippen molar-refractivity contribution in [3.63, 3.8) is 0 Å². The van der Waals surface area contributed by atoms with Crippen molar-refractivity contribution in [3.05, 3.63) is 22.4 Å². The van der Waals surface area contributed by atoms with Crippen molar-refractivity contribution in [1.82, 2.24) is 0 Å². The van der Waals surface area contributed by atoms with Gasteiger partial charge in [-0.05, 0) is 37.6 Å². The highest BCUT2D eigenvalue weighted by Gasteiger charge is 2.04. The number of rotatable bonds is 7. The molecular weight excluding hydrogens is 194 g/mol. The lowest BCUT2D eigenvalue weighted by atomic mass is 10.1. The molecule has 0 spiro atoms. The molecule has 1 aromatic rings. The van der Waals surface area contributed by atoms with Gasteiger partial charge in [0.05, 0.1) is 0 Å². The van der Waals surface area contributed by atoms with Crippen LogP contribution in [0.2, 0.25) is 0 Å². The monoisotopic (exact) mass is 213 g/mol. The first-order valence-electron chi connectivity index (χ1n) is 5.18. The Morgan fingerprint density at radius 3 is 3.07 bits per heavy atom. The minimum atomic E-state index is 0.286. The standard InChI is InChI=1S/C11H19NOS/c1-2-13-7-3-5-10(12)9-11-6-4-8-14-11/h4,6,8,10H,2-3,5,7,9,12H2,1H3. The molecule has 2 N–H and O–H groups in total. The maximum Gasteiger partial charge on any atom is 0.0466 e. The summed E-state index contributed by atoms with van der Waals surface area (Å²) in [7, 11) is 0. The molecule has 1 aromatic heterocycles. The van der Waals surface area contributed by atoms with E-state index in [4.69, 9.17) is 10.5 Å². The smallest absolute Gasteiger partial charge is 0.0466 e. The Morgan fingerprint density at radius 1 is 1.57 bits per heavy atom. The van der Waals surface area contributed by atoms with Gasteiger partial charge in [-0.2, -0.15) is 0 Å². The van der Waals surface area contributed by atoms with Crippen LogP contribution in [0.4, 0.5) is 0 Å². The fraction of sp³-hybridized carbons (Fsp3) is 0.636. The SMILES string of the molecule is CCOCCCC(N)Cc1cccs1. The zero-order valence-electron chi connectivity index (χ0n) is 8.74. The van der Waals surface area contributed by atoms with Crippen LogP contribution in [0.5, 0.6) is 0 Å². The van der Waals surface area contributed by atoms with Gasteiger partial charge in [-0.25, -0.2) is 0 Å². The summed E-state index contributed by atoms with van der Waals surface area (Å²) in [5.74, 6) is 0. The molecule has 0 aromatic carbocycles. The lowest BCUT2D eigenvalue weighted by Crippen LogP contribution is -2.22. The van der Waals surface area contributed by atoms with E-state index >= 15 is 0 Å². The molecular formula is C11H19NOS. The molecule has 1 rings (SSSR count). The van der Waals surface area contributed by atoms with Gasteiger partial charge in [-0.3, -0.25) is 0 Å². The topological polar surface area (TPSA) is 35.2 Å². The summed E-state index contributed by atoms with van der Waals surface area (Å²) in [6.07, 6.45) is 3.13. The molecule has 0 radical (unpaired) electrons. The quantitative estimate of drug-likeness (QED) is 0.706. The molecule has 1 heterocycles. The maximum atomic E-state index is 6.00. The summed E-state index contributed by atoms with van der Waals surface area (Å²) in [6, 6.07) is 4.51. The number of thiophene rings is 1. The molecule has 0 aliphatic heterocycles. The van der Waals surface area contributed by atoms with E-state index in [9.17, 15) is 0 Å². The first-order chi connectivity index (χ1) is 6.83. The molecule has 0 saturated heterocycles. The molecule has 0 bridgehead atoms. The Morgan fingerprint density at radius 2 is 2.43 bits per heavy atom. The van der Waals surface area contributed by atoms with E-state index in [1.165, 1.54) is 4.88 Å². The van der Waals surface area contributed by atoms with Gasteiger partial charge in [-0.1, -0.05) is 6.07 Å². The molecule has 0 amide bonds. The summed E-state index contributed by atoms with van der Waals surface area (Å²) in [5.41, 5.74) is 6.00. The van der Waals surface area contributed by atoms with E-state index in [1.54, 1.807) is 11.3 Å². The Balaban J connectivity index is 2.07. The third-order valence-electron chi connectivity index (χ3n) is 2.11. The molecule has 14 heavy (non-hydrogen) atoms. The molecule has 0 fully saturated rings. The maximum absolute atomic E-state index is 6.00. The van der Waals surface area contributed by atoms with Crippen LogP contribution in [-0.4, -0.2) is 19.3 Å². The lowest BCUT2D eigenvalue weighted by molar-refractivity contribution is 0.142. The number of ether oxygens (including phenoxy) is 1. The van der Waals surface area contributed by atoms with Crippen molar-refractivity contribution in [2.75, 3.05) is 13.2 Å². The predicted octanol–water partition coefficient (Wildman–Crippen LogP) is 2.43. The van der Waals surface area contributed by atoms with Crippen LogP contribution >= 0.6 is 11.3 Å². The van der Waals surface area contributed by atoms with Gasteiger partial charge in [0.2, 0.25) is 0 Å². The number of hydrogen-bond donors (Lipinski definition) is 1. The highest BCUT2D eigenvalue weighted by molar-refractivity contribution is 7.09. The van der Waals surface area contributed by atoms with Crippen LogP contribution < -0.4 is 5.73 Å². The first-order valence-corrected chi connectivity index (χ1v) is 6.06. The van der Waals surface area contributed by atoms with Gasteiger partial charge >= 0.3 is 0 Å². The van der Waals surface area contributed by atoms with E-state index < -0.39 is 0 Å². The van der Waals surface area contributed by atoms with Gasteiger partial charge in [0.25, 0.3) is 0 Å². The van der Waals surface area contributed by atoms with Crippen molar-refractivity contribution < 1.29 is 4.74 Å². The Hall–Kier alpha value is -0.380. The van der Waals surface area contributed by atoms with Crippen LogP contribution in [0.15, 0.2) is 17.5 Å². The van der Waals surface area contributed by atoms with Crippen LogP contribution in [0.3, 0.4) is 0 Å². The Kier molecular flexibility index (Phi) is 5.83. The van der Waals surface area contributed by atoms with Crippen LogP contribution in [0, 0.1) is 0 Å². The molecule has 0 saturated carbocycles. The van der Waals surface area contributed by atoms with Crippen molar-refractivity contribution in [3.8, 4) is 0 Å². The second kappa shape index (κ2) is 6.98.